The summed E-state index contributed by atoms with van der Waals surface area (Å²) in [5, 5.41) is 3.39. The summed E-state index contributed by atoms with van der Waals surface area (Å²) >= 11 is 0. The van der Waals surface area contributed by atoms with E-state index in [1.165, 1.54) is 48.1 Å². The number of rotatable bonds is 9. The standard InChI is InChI=1S/C27H36N2/c1-19(2)29-20(3)5-6-23-12-14-26(28-18-23)27(4)16-24-13-11-22(15-25(24)17-27)10-9-21-7-8-21/h11-15,18,20-21,29H,1,5-10,16-17H2,2-4H3/t20-,27?/m0/s1. The molecule has 1 aromatic carbocycles. The van der Waals surface area contributed by atoms with Gasteiger partial charge in [-0.15, -0.1) is 0 Å². The third kappa shape index (κ3) is 5.10. The van der Waals surface area contributed by atoms with Gasteiger partial charge in [-0.3, -0.25) is 4.98 Å². The van der Waals surface area contributed by atoms with Crippen molar-refractivity contribution >= 4 is 0 Å². The summed E-state index contributed by atoms with van der Waals surface area (Å²) in [6.45, 7) is 10.6. The summed E-state index contributed by atoms with van der Waals surface area (Å²) in [6.07, 6.45) is 12.0. The van der Waals surface area contributed by atoms with Crippen LogP contribution in [-0.2, 0) is 31.1 Å². The van der Waals surface area contributed by atoms with E-state index >= 15 is 0 Å². The normalized spacial score (nSPS) is 21.6. The number of fused-ring (bicyclic) bond motifs is 1. The lowest BCUT2D eigenvalue weighted by Crippen LogP contribution is -2.25. The molecule has 1 N–H and O–H groups in total. The molecule has 1 heterocycles. The van der Waals surface area contributed by atoms with Gasteiger partial charge in [0.25, 0.3) is 0 Å². The number of benzene rings is 1. The molecule has 1 aromatic heterocycles. The van der Waals surface area contributed by atoms with Crippen molar-refractivity contribution in [3.05, 3.63) is 76.8 Å². The molecule has 1 unspecified atom stereocenters. The second kappa shape index (κ2) is 8.34. The Balaban J connectivity index is 1.37. The Bertz CT molecular complexity index is 863. The van der Waals surface area contributed by atoms with E-state index in [4.69, 9.17) is 4.98 Å². The van der Waals surface area contributed by atoms with Gasteiger partial charge in [0, 0.05) is 29.0 Å². The van der Waals surface area contributed by atoms with E-state index in [2.05, 4.69) is 62.3 Å². The molecule has 2 aromatic rings. The smallest absolute Gasteiger partial charge is 0.0469 e. The fraction of sp³-hybridized carbons (Fsp3) is 0.519. The zero-order valence-electron chi connectivity index (χ0n) is 18.4. The van der Waals surface area contributed by atoms with Crippen LogP contribution in [0.25, 0.3) is 0 Å². The first-order valence-corrected chi connectivity index (χ1v) is 11.4. The van der Waals surface area contributed by atoms with Gasteiger partial charge in [0.05, 0.1) is 0 Å². The highest BCUT2D eigenvalue weighted by Crippen LogP contribution is 2.40. The third-order valence-corrected chi connectivity index (χ3v) is 6.77. The first-order chi connectivity index (χ1) is 13.9. The molecule has 2 nitrogen and oxygen atoms in total. The second-order valence-corrected chi connectivity index (χ2v) is 9.92. The molecule has 154 valence electrons. The van der Waals surface area contributed by atoms with Crippen LogP contribution >= 0.6 is 0 Å². The van der Waals surface area contributed by atoms with Crippen LogP contribution in [0.4, 0.5) is 0 Å². The molecule has 0 spiro atoms. The molecule has 2 heteroatoms. The molecule has 0 aliphatic heterocycles. The lowest BCUT2D eigenvalue weighted by Gasteiger charge is -2.23. The Morgan fingerprint density at radius 2 is 1.90 bits per heavy atom. The van der Waals surface area contributed by atoms with E-state index in [-0.39, 0.29) is 5.41 Å². The number of nitrogens with one attached hydrogen (secondary N) is 1. The van der Waals surface area contributed by atoms with Crippen molar-refractivity contribution in [3.8, 4) is 0 Å². The topological polar surface area (TPSA) is 24.9 Å². The van der Waals surface area contributed by atoms with Crippen molar-refractivity contribution in [1.29, 1.82) is 0 Å². The third-order valence-electron chi connectivity index (χ3n) is 6.77. The lowest BCUT2D eigenvalue weighted by atomic mass is 9.83. The molecular weight excluding hydrogens is 352 g/mol. The Kier molecular flexibility index (Phi) is 5.81. The monoisotopic (exact) mass is 388 g/mol. The fourth-order valence-corrected chi connectivity index (χ4v) is 4.84. The van der Waals surface area contributed by atoms with Gasteiger partial charge in [-0.25, -0.2) is 0 Å². The molecule has 29 heavy (non-hydrogen) atoms. The van der Waals surface area contributed by atoms with Crippen molar-refractivity contribution in [2.75, 3.05) is 0 Å². The van der Waals surface area contributed by atoms with Crippen LogP contribution in [0.1, 0.15) is 74.4 Å². The highest BCUT2D eigenvalue weighted by molar-refractivity contribution is 5.42. The number of aromatic nitrogens is 1. The highest BCUT2D eigenvalue weighted by Gasteiger charge is 2.35. The molecule has 0 amide bonds. The maximum Gasteiger partial charge on any atom is 0.0469 e. The first-order valence-electron chi connectivity index (χ1n) is 11.4. The number of allylic oxidation sites excluding steroid dienone is 1. The van der Waals surface area contributed by atoms with Crippen molar-refractivity contribution in [2.24, 2.45) is 5.92 Å². The van der Waals surface area contributed by atoms with Crippen LogP contribution in [0, 0.1) is 5.92 Å². The second-order valence-electron chi connectivity index (χ2n) is 9.92. The average molecular weight is 389 g/mol. The SMILES string of the molecule is C=C(C)N[C@@H](C)CCc1ccc(C2(C)Cc3ccc(CCC4CC4)cc3C2)nc1. The van der Waals surface area contributed by atoms with Gasteiger partial charge >= 0.3 is 0 Å². The van der Waals surface area contributed by atoms with Crippen LogP contribution in [0.5, 0.6) is 0 Å². The zero-order valence-corrected chi connectivity index (χ0v) is 18.4. The Labute approximate surface area is 176 Å². The molecule has 0 radical (unpaired) electrons. The Morgan fingerprint density at radius 3 is 2.59 bits per heavy atom. The molecule has 0 bridgehead atoms. The maximum atomic E-state index is 4.91. The Morgan fingerprint density at radius 1 is 1.14 bits per heavy atom. The van der Waals surface area contributed by atoms with E-state index in [1.54, 1.807) is 5.56 Å². The van der Waals surface area contributed by atoms with Crippen molar-refractivity contribution < 1.29 is 0 Å². The van der Waals surface area contributed by atoms with Crippen LogP contribution < -0.4 is 5.32 Å². The van der Waals surface area contributed by atoms with E-state index in [1.807, 2.05) is 6.92 Å². The predicted octanol–water partition coefficient (Wildman–Crippen LogP) is 5.93. The van der Waals surface area contributed by atoms with E-state index in [0.29, 0.717) is 6.04 Å². The lowest BCUT2D eigenvalue weighted by molar-refractivity contribution is 0.486. The number of hydrogen-bond acceptors (Lipinski definition) is 2. The molecular formula is C27H36N2. The number of hydrogen-bond donors (Lipinski definition) is 1. The number of aryl methyl sites for hydroxylation is 2. The van der Waals surface area contributed by atoms with E-state index in [0.717, 1.165) is 37.3 Å². The van der Waals surface area contributed by atoms with Crippen LogP contribution in [-0.4, -0.2) is 11.0 Å². The first kappa shape index (κ1) is 20.2. The summed E-state index contributed by atoms with van der Waals surface area (Å²) in [6, 6.07) is 12.2. The highest BCUT2D eigenvalue weighted by atomic mass is 14.9. The molecule has 1 fully saturated rings. The minimum Gasteiger partial charge on any atom is -0.387 e. The van der Waals surface area contributed by atoms with Gasteiger partial charge in [0.15, 0.2) is 0 Å². The summed E-state index contributed by atoms with van der Waals surface area (Å²) in [5.74, 6) is 1.01. The number of pyridine rings is 1. The summed E-state index contributed by atoms with van der Waals surface area (Å²) in [7, 11) is 0. The van der Waals surface area contributed by atoms with Crippen molar-refractivity contribution in [1.82, 2.24) is 10.3 Å². The quantitative estimate of drug-likeness (QED) is 0.576. The van der Waals surface area contributed by atoms with Gasteiger partial charge in [-0.1, -0.05) is 50.6 Å². The minimum atomic E-state index is 0.130. The van der Waals surface area contributed by atoms with Gasteiger partial charge < -0.3 is 5.32 Å². The minimum absolute atomic E-state index is 0.130. The predicted molar refractivity (Wildman–Crippen MR) is 122 cm³/mol. The molecule has 0 saturated heterocycles. The molecule has 4 rings (SSSR count). The van der Waals surface area contributed by atoms with Gasteiger partial charge in [0.2, 0.25) is 0 Å². The average Bonchev–Trinajstić information content (AvgIpc) is 3.45. The van der Waals surface area contributed by atoms with Crippen LogP contribution in [0.3, 0.4) is 0 Å². The molecule has 2 aliphatic rings. The summed E-state index contributed by atoms with van der Waals surface area (Å²) in [5.41, 5.74) is 8.33. The van der Waals surface area contributed by atoms with Crippen molar-refractivity contribution in [3.63, 3.8) is 0 Å². The largest absolute Gasteiger partial charge is 0.387 e. The van der Waals surface area contributed by atoms with E-state index in [9.17, 15) is 0 Å². The number of nitrogens with zero attached hydrogens (tertiary/aromatic N) is 1. The van der Waals surface area contributed by atoms with Gasteiger partial charge in [-0.2, -0.15) is 0 Å². The summed E-state index contributed by atoms with van der Waals surface area (Å²) < 4.78 is 0. The van der Waals surface area contributed by atoms with Gasteiger partial charge in [0.1, 0.15) is 0 Å². The van der Waals surface area contributed by atoms with Gasteiger partial charge in [-0.05, 0) is 86.6 Å². The van der Waals surface area contributed by atoms with Crippen LogP contribution in [0.15, 0.2) is 48.8 Å². The zero-order chi connectivity index (χ0) is 20.4. The molecule has 1 saturated carbocycles. The van der Waals surface area contributed by atoms with Crippen LogP contribution in [0.2, 0.25) is 0 Å². The Hall–Kier alpha value is -2.09. The molecule has 2 atom stereocenters. The molecule has 2 aliphatic carbocycles. The summed E-state index contributed by atoms with van der Waals surface area (Å²) in [4.78, 5) is 4.91. The maximum absolute atomic E-state index is 4.91. The van der Waals surface area contributed by atoms with E-state index < -0.39 is 0 Å². The van der Waals surface area contributed by atoms with Crippen molar-refractivity contribution in [2.45, 2.75) is 83.6 Å². The fourth-order valence-electron chi connectivity index (χ4n) is 4.84.